The fourth-order valence-corrected chi connectivity index (χ4v) is 2.47. The van der Waals surface area contributed by atoms with Crippen LogP contribution in [-0.4, -0.2) is 11.5 Å². The summed E-state index contributed by atoms with van der Waals surface area (Å²) in [7, 11) is 0. The van der Waals surface area contributed by atoms with E-state index in [9.17, 15) is 0 Å². The minimum absolute atomic E-state index is 0.921. The lowest BCUT2D eigenvalue weighted by molar-refractivity contribution is 0.718. The Morgan fingerprint density at radius 1 is 1.12 bits per heavy atom. The van der Waals surface area contributed by atoms with Crippen LogP contribution in [0.2, 0.25) is 0 Å². The smallest absolute Gasteiger partial charge is 0.0279 e. The SMILES string of the molecule is CCNCc1ccccc1Sc1ccncc1. The first-order chi connectivity index (χ1) is 8.40. The minimum Gasteiger partial charge on any atom is -0.313 e. The summed E-state index contributed by atoms with van der Waals surface area (Å²) in [6.07, 6.45) is 3.66. The van der Waals surface area contributed by atoms with Gasteiger partial charge in [0.05, 0.1) is 0 Å². The van der Waals surface area contributed by atoms with Crippen molar-refractivity contribution in [2.24, 2.45) is 0 Å². The largest absolute Gasteiger partial charge is 0.313 e. The van der Waals surface area contributed by atoms with Crippen LogP contribution in [0.4, 0.5) is 0 Å². The van der Waals surface area contributed by atoms with Crippen LogP contribution in [0.15, 0.2) is 58.6 Å². The number of nitrogens with one attached hydrogen (secondary N) is 1. The molecule has 1 aromatic carbocycles. The Morgan fingerprint density at radius 3 is 2.65 bits per heavy atom. The maximum atomic E-state index is 4.03. The van der Waals surface area contributed by atoms with E-state index in [2.05, 4.69) is 41.5 Å². The van der Waals surface area contributed by atoms with Crippen molar-refractivity contribution in [3.8, 4) is 0 Å². The normalized spacial score (nSPS) is 10.4. The summed E-state index contributed by atoms with van der Waals surface area (Å²) in [5, 5.41) is 3.37. The van der Waals surface area contributed by atoms with Gasteiger partial charge in [0.15, 0.2) is 0 Å². The second-order valence-corrected chi connectivity index (χ2v) is 4.79. The number of hydrogen-bond acceptors (Lipinski definition) is 3. The second-order valence-electron chi connectivity index (χ2n) is 3.67. The van der Waals surface area contributed by atoms with Crippen LogP contribution in [0, 0.1) is 0 Å². The van der Waals surface area contributed by atoms with Crippen LogP contribution in [0.5, 0.6) is 0 Å². The zero-order valence-corrected chi connectivity index (χ0v) is 10.7. The molecule has 17 heavy (non-hydrogen) atoms. The predicted molar refractivity (Wildman–Crippen MR) is 72.2 cm³/mol. The van der Waals surface area contributed by atoms with Gasteiger partial charge in [0.2, 0.25) is 0 Å². The lowest BCUT2D eigenvalue weighted by atomic mass is 10.2. The highest BCUT2D eigenvalue weighted by Crippen LogP contribution is 2.29. The van der Waals surface area contributed by atoms with Gasteiger partial charge in [-0.3, -0.25) is 4.98 Å². The minimum atomic E-state index is 0.921. The van der Waals surface area contributed by atoms with E-state index in [4.69, 9.17) is 0 Å². The maximum absolute atomic E-state index is 4.03. The Hall–Kier alpha value is -1.32. The van der Waals surface area contributed by atoms with Crippen molar-refractivity contribution in [3.05, 3.63) is 54.4 Å². The van der Waals surface area contributed by atoms with Gasteiger partial charge in [0, 0.05) is 28.7 Å². The molecule has 0 aliphatic rings. The van der Waals surface area contributed by atoms with Crippen LogP contribution < -0.4 is 5.32 Å². The molecule has 0 radical (unpaired) electrons. The fraction of sp³-hybridized carbons (Fsp3) is 0.214. The third kappa shape index (κ3) is 3.58. The van der Waals surface area contributed by atoms with Crippen LogP contribution in [0.1, 0.15) is 12.5 Å². The summed E-state index contributed by atoms with van der Waals surface area (Å²) in [4.78, 5) is 6.56. The highest BCUT2D eigenvalue weighted by atomic mass is 32.2. The number of benzene rings is 1. The van der Waals surface area contributed by atoms with Crippen LogP contribution in [0.25, 0.3) is 0 Å². The van der Waals surface area contributed by atoms with Gasteiger partial charge in [0.1, 0.15) is 0 Å². The van der Waals surface area contributed by atoms with Crippen molar-refractivity contribution in [3.63, 3.8) is 0 Å². The quantitative estimate of drug-likeness (QED) is 0.873. The van der Waals surface area contributed by atoms with E-state index in [1.165, 1.54) is 15.4 Å². The van der Waals surface area contributed by atoms with Gasteiger partial charge in [-0.15, -0.1) is 0 Å². The molecule has 0 bridgehead atoms. The summed E-state index contributed by atoms with van der Waals surface area (Å²) < 4.78 is 0. The number of nitrogens with zero attached hydrogens (tertiary/aromatic N) is 1. The Balaban J connectivity index is 2.15. The topological polar surface area (TPSA) is 24.9 Å². The Morgan fingerprint density at radius 2 is 1.88 bits per heavy atom. The van der Waals surface area contributed by atoms with Crippen molar-refractivity contribution in [1.82, 2.24) is 10.3 Å². The molecule has 0 fully saturated rings. The Kier molecular flexibility index (Phi) is 4.59. The van der Waals surface area contributed by atoms with E-state index < -0.39 is 0 Å². The molecule has 0 unspecified atom stereocenters. The molecule has 0 saturated carbocycles. The van der Waals surface area contributed by atoms with Crippen LogP contribution >= 0.6 is 11.8 Å². The van der Waals surface area contributed by atoms with Gasteiger partial charge in [0.25, 0.3) is 0 Å². The number of rotatable bonds is 5. The standard InChI is InChI=1S/C14H16N2S/c1-2-15-11-12-5-3-4-6-14(12)17-13-7-9-16-10-8-13/h3-10,15H,2,11H2,1H3. The first-order valence-corrected chi connectivity index (χ1v) is 6.58. The third-order valence-corrected chi connectivity index (χ3v) is 3.54. The fourth-order valence-electron chi connectivity index (χ4n) is 1.54. The average molecular weight is 244 g/mol. The average Bonchev–Trinajstić information content (AvgIpc) is 2.39. The molecule has 1 aromatic heterocycles. The first kappa shape index (κ1) is 12.1. The highest BCUT2D eigenvalue weighted by Gasteiger charge is 2.02. The molecule has 88 valence electrons. The first-order valence-electron chi connectivity index (χ1n) is 5.76. The van der Waals surface area contributed by atoms with Crippen molar-refractivity contribution in [1.29, 1.82) is 0 Å². The molecule has 2 aromatic rings. The third-order valence-electron chi connectivity index (χ3n) is 2.42. The molecule has 0 amide bonds. The molecule has 0 aliphatic heterocycles. The number of aromatic nitrogens is 1. The summed E-state index contributed by atoms with van der Waals surface area (Å²) in [6.45, 7) is 4.04. The molecule has 0 saturated heterocycles. The van der Waals surface area contributed by atoms with Gasteiger partial charge in [-0.05, 0) is 30.3 Å². The Labute approximate surface area is 106 Å². The molecule has 0 spiro atoms. The molecular formula is C14H16N2S. The molecule has 2 rings (SSSR count). The molecule has 2 nitrogen and oxygen atoms in total. The zero-order chi connectivity index (χ0) is 11.9. The van der Waals surface area contributed by atoms with E-state index in [1.54, 1.807) is 11.8 Å². The molecular weight excluding hydrogens is 228 g/mol. The van der Waals surface area contributed by atoms with Gasteiger partial charge in [-0.2, -0.15) is 0 Å². The highest BCUT2D eigenvalue weighted by molar-refractivity contribution is 7.99. The maximum Gasteiger partial charge on any atom is 0.0279 e. The molecule has 0 atom stereocenters. The van der Waals surface area contributed by atoms with Crippen molar-refractivity contribution in [2.45, 2.75) is 23.3 Å². The van der Waals surface area contributed by atoms with E-state index in [-0.39, 0.29) is 0 Å². The number of hydrogen-bond donors (Lipinski definition) is 1. The van der Waals surface area contributed by atoms with Gasteiger partial charge in [-0.1, -0.05) is 36.9 Å². The van der Waals surface area contributed by atoms with Gasteiger partial charge < -0.3 is 5.32 Å². The summed E-state index contributed by atoms with van der Waals surface area (Å²) in [5.74, 6) is 0. The van der Waals surface area contributed by atoms with E-state index in [0.29, 0.717) is 0 Å². The van der Waals surface area contributed by atoms with Crippen LogP contribution in [-0.2, 0) is 6.54 Å². The lowest BCUT2D eigenvalue weighted by Crippen LogP contribution is -2.12. The molecule has 0 aliphatic carbocycles. The summed E-state index contributed by atoms with van der Waals surface area (Å²) in [6, 6.07) is 12.6. The van der Waals surface area contributed by atoms with Crippen LogP contribution in [0.3, 0.4) is 0 Å². The van der Waals surface area contributed by atoms with Gasteiger partial charge in [-0.25, -0.2) is 0 Å². The predicted octanol–water partition coefficient (Wildman–Crippen LogP) is 3.34. The summed E-state index contributed by atoms with van der Waals surface area (Å²) in [5.41, 5.74) is 1.34. The molecule has 3 heteroatoms. The second kappa shape index (κ2) is 6.42. The van der Waals surface area contributed by atoms with Crippen molar-refractivity contribution >= 4 is 11.8 Å². The van der Waals surface area contributed by atoms with Crippen molar-refractivity contribution in [2.75, 3.05) is 6.54 Å². The Bertz CT molecular complexity index is 457. The van der Waals surface area contributed by atoms with Crippen molar-refractivity contribution < 1.29 is 0 Å². The van der Waals surface area contributed by atoms with E-state index in [0.717, 1.165) is 13.1 Å². The monoisotopic (exact) mass is 244 g/mol. The van der Waals surface area contributed by atoms with Gasteiger partial charge >= 0.3 is 0 Å². The lowest BCUT2D eigenvalue weighted by Gasteiger charge is -2.09. The molecule has 1 N–H and O–H groups in total. The zero-order valence-electron chi connectivity index (χ0n) is 9.89. The van der Waals surface area contributed by atoms with E-state index >= 15 is 0 Å². The number of pyridine rings is 1. The molecule has 1 heterocycles. The summed E-state index contributed by atoms with van der Waals surface area (Å²) >= 11 is 1.78. The van der Waals surface area contributed by atoms with E-state index in [1.807, 2.05) is 24.5 Å².